The summed E-state index contributed by atoms with van der Waals surface area (Å²) >= 11 is 0. The SMILES string of the molecule is CCCCCCCCCCCCOCC(O)CN.[CH3]. The lowest BCUT2D eigenvalue weighted by molar-refractivity contribution is 0.0396. The van der Waals surface area contributed by atoms with Crippen molar-refractivity contribution in [3.8, 4) is 0 Å². The Balaban J connectivity index is 0. The molecule has 3 nitrogen and oxygen atoms in total. The van der Waals surface area contributed by atoms with Crippen LogP contribution in [0.2, 0.25) is 0 Å². The van der Waals surface area contributed by atoms with Gasteiger partial charge in [-0.2, -0.15) is 0 Å². The molecular formula is C16H36NO2. The van der Waals surface area contributed by atoms with Crippen LogP contribution in [0.15, 0.2) is 0 Å². The molecule has 0 aromatic heterocycles. The molecule has 0 amide bonds. The van der Waals surface area contributed by atoms with Gasteiger partial charge in [-0.3, -0.25) is 0 Å². The lowest BCUT2D eigenvalue weighted by atomic mass is 10.1. The Morgan fingerprint density at radius 1 is 0.895 bits per heavy atom. The van der Waals surface area contributed by atoms with Crippen LogP contribution in [0.25, 0.3) is 0 Å². The van der Waals surface area contributed by atoms with Gasteiger partial charge in [0.05, 0.1) is 12.7 Å². The zero-order valence-corrected chi connectivity index (χ0v) is 13.2. The number of unbranched alkanes of at least 4 members (excludes halogenated alkanes) is 9. The van der Waals surface area contributed by atoms with Crippen molar-refractivity contribution >= 4 is 0 Å². The Hall–Kier alpha value is -0.120. The molecule has 0 spiro atoms. The Bertz CT molecular complexity index is 154. The first-order valence-electron chi connectivity index (χ1n) is 7.77. The van der Waals surface area contributed by atoms with E-state index in [1.54, 1.807) is 0 Å². The topological polar surface area (TPSA) is 55.5 Å². The summed E-state index contributed by atoms with van der Waals surface area (Å²) in [5.74, 6) is 0. The Morgan fingerprint density at radius 3 is 1.84 bits per heavy atom. The molecule has 0 fully saturated rings. The number of aliphatic hydroxyl groups is 1. The average molecular weight is 274 g/mol. The maximum Gasteiger partial charge on any atom is 0.0895 e. The van der Waals surface area contributed by atoms with Gasteiger partial charge >= 0.3 is 0 Å². The third kappa shape index (κ3) is 17.9. The summed E-state index contributed by atoms with van der Waals surface area (Å²) in [6.07, 6.45) is 12.9. The van der Waals surface area contributed by atoms with Crippen LogP contribution in [-0.4, -0.2) is 31.0 Å². The molecule has 117 valence electrons. The summed E-state index contributed by atoms with van der Waals surface area (Å²) in [5.41, 5.74) is 5.28. The predicted octanol–water partition coefficient (Wildman–Crippen LogP) is 3.69. The van der Waals surface area contributed by atoms with Crippen LogP contribution in [0, 0.1) is 7.43 Å². The van der Waals surface area contributed by atoms with Gasteiger partial charge < -0.3 is 15.6 Å². The van der Waals surface area contributed by atoms with Gasteiger partial charge in [-0.1, -0.05) is 72.1 Å². The lowest BCUT2D eigenvalue weighted by Gasteiger charge is -2.08. The first kappa shape index (κ1) is 21.2. The molecule has 1 unspecified atom stereocenters. The van der Waals surface area contributed by atoms with Gasteiger partial charge in [0.25, 0.3) is 0 Å². The van der Waals surface area contributed by atoms with Crippen LogP contribution >= 0.6 is 0 Å². The average Bonchev–Trinajstić information content (AvgIpc) is 2.39. The number of aliphatic hydroxyl groups excluding tert-OH is 1. The summed E-state index contributed by atoms with van der Waals surface area (Å²) in [7, 11) is 0. The molecular weight excluding hydrogens is 238 g/mol. The summed E-state index contributed by atoms with van der Waals surface area (Å²) < 4.78 is 5.33. The first-order valence-corrected chi connectivity index (χ1v) is 7.77. The smallest absolute Gasteiger partial charge is 0.0895 e. The second kappa shape index (κ2) is 17.9. The quantitative estimate of drug-likeness (QED) is 0.475. The van der Waals surface area contributed by atoms with E-state index in [-0.39, 0.29) is 14.0 Å². The minimum Gasteiger partial charge on any atom is -0.389 e. The van der Waals surface area contributed by atoms with E-state index in [1.807, 2.05) is 0 Å². The van der Waals surface area contributed by atoms with Crippen molar-refractivity contribution in [3.63, 3.8) is 0 Å². The first-order chi connectivity index (χ1) is 8.81. The molecule has 1 radical (unpaired) electrons. The summed E-state index contributed by atoms with van der Waals surface area (Å²) in [5, 5.41) is 9.17. The van der Waals surface area contributed by atoms with Crippen molar-refractivity contribution in [1.82, 2.24) is 0 Å². The zero-order valence-electron chi connectivity index (χ0n) is 13.2. The number of hydrogen-bond donors (Lipinski definition) is 2. The van der Waals surface area contributed by atoms with Crippen LogP contribution in [0.3, 0.4) is 0 Å². The van der Waals surface area contributed by atoms with Crippen molar-refractivity contribution in [2.24, 2.45) is 5.73 Å². The number of rotatable bonds is 14. The van der Waals surface area contributed by atoms with E-state index in [0.29, 0.717) is 6.61 Å². The van der Waals surface area contributed by atoms with Gasteiger partial charge in [0.2, 0.25) is 0 Å². The molecule has 0 aromatic carbocycles. The van der Waals surface area contributed by atoms with Gasteiger partial charge in [-0.25, -0.2) is 0 Å². The maximum absolute atomic E-state index is 9.17. The van der Waals surface area contributed by atoms with Crippen molar-refractivity contribution in [3.05, 3.63) is 7.43 Å². The van der Waals surface area contributed by atoms with Crippen LogP contribution in [0.4, 0.5) is 0 Å². The normalized spacial score (nSPS) is 12.2. The van der Waals surface area contributed by atoms with E-state index in [0.717, 1.165) is 13.0 Å². The van der Waals surface area contributed by atoms with E-state index in [1.165, 1.54) is 57.8 Å². The second-order valence-electron chi connectivity index (χ2n) is 5.15. The van der Waals surface area contributed by atoms with Crippen LogP contribution in [0.5, 0.6) is 0 Å². The van der Waals surface area contributed by atoms with Crippen molar-refractivity contribution in [2.45, 2.75) is 77.2 Å². The molecule has 0 rings (SSSR count). The minimum absolute atomic E-state index is 0. The molecule has 3 heteroatoms. The molecule has 0 saturated carbocycles. The van der Waals surface area contributed by atoms with Gasteiger partial charge in [0, 0.05) is 13.2 Å². The molecule has 0 bridgehead atoms. The lowest BCUT2D eigenvalue weighted by Crippen LogP contribution is -2.25. The molecule has 3 N–H and O–H groups in total. The van der Waals surface area contributed by atoms with E-state index >= 15 is 0 Å². The molecule has 1 atom stereocenters. The largest absolute Gasteiger partial charge is 0.389 e. The second-order valence-corrected chi connectivity index (χ2v) is 5.15. The number of nitrogens with two attached hydrogens (primary N) is 1. The monoisotopic (exact) mass is 274 g/mol. The van der Waals surface area contributed by atoms with Gasteiger partial charge in [-0.05, 0) is 6.42 Å². The van der Waals surface area contributed by atoms with Crippen molar-refractivity contribution in [2.75, 3.05) is 19.8 Å². The molecule has 0 saturated heterocycles. The summed E-state index contributed by atoms with van der Waals surface area (Å²) in [4.78, 5) is 0. The highest BCUT2D eigenvalue weighted by atomic mass is 16.5. The Kier molecular flexibility index (Phi) is 19.9. The molecule has 0 aliphatic carbocycles. The predicted molar refractivity (Wildman–Crippen MR) is 84.1 cm³/mol. The fraction of sp³-hybridized carbons (Fsp3) is 0.938. The van der Waals surface area contributed by atoms with E-state index < -0.39 is 6.10 Å². The van der Waals surface area contributed by atoms with Crippen LogP contribution in [-0.2, 0) is 4.74 Å². The highest BCUT2D eigenvalue weighted by molar-refractivity contribution is 4.52. The molecule has 0 aliphatic rings. The molecule has 19 heavy (non-hydrogen) atoms. The highest BCUT2D eigenvalue weighted by Gasteiger charge is 1.99. The Morgan fingerprint density at radius 2 is 1.37 bits per heavy atom. The van der Waals surface area contributed by atoms with E-state index in [4.69, 9.17) is 15.6 Å². The summed E-state index contributed by atoms with van der Waals surface area (Å²) in [6.45, 7) is 3.69. The third-order valence-electron chi connectivity index (χ3n) is 3.22. The maximum atomic E-state index is 9.17. The van der Waals surface area contributed by atoms with Crippen molar-refractivity contribution in [1.29, 1.82) is 0 Å². The summed E-state index contributed by atoms with van der Waals surface area (Å²) in [6, 6.07) is 0. The van der Waals surface area contributed by atoms with Crippen LogP contribution < -0.4 is 5.73 Å². The van der Waals surface area contributed by atoms with E-state index in [2.05, 4.69) is 6.92 Å². The standard InChI is InChI=1S/C15H33NO2.CH3/c1-2-3-4-5-6-7-8-9-10-11-12-18-14-15(17)13-16;/h15,17H,2-14,16H2,1H3;1H3. The number of ether oxygens (including phenoxy) is 1. The molecule has 0 heterocycles. The minimum atomic E-state index is -0.492. The van der Waals surface area contributed by atoms with E-state index in [9.17, 15) is 0 Å². The van der Waals surface area contributed by atoms with Crippen molar-refractivity contribution < 1.29 is 9.84 Å². The fourth-order valence-corrected chi connectivity index (χ4v) is 1.98. The number of hydrogen-bond acceptors (Lipinski definition) is 3. The van der Waals surface area contributed by atoms with Gasteiger partial charge in [0.15, 0.2) is 0 Å². The van der Waals surface area contributed by atoms with Gasteiger partial charge in [-0.15, -0.1) is 0 Å². The Labute approximate surface area is 120 Å². The molecule has 0 aromatic rings. The molecule has 0 aliphatic heterocycles. The highest BCUT2D eigenvalue weighted by Crippen LogP contribution is 2.10. The zero-order chi connectivity index (χ0) is 13.5. The van der Waals surface area contributed by atoms with Gasteiger partial charge in [0.1, 0.15) is 0 Å². The fourth-order valence-electron chi connectivity index (χ4n) is 1.98. The third-order valence-corrected chi connectivity index (χ3v) is 3.22. The van der Waals surface area contributed by atoms with Crippen LogP contribution in [0.1, 0.15) is 71.1 Å².